The van der Waals surface area contributed by atoms with Crippen molar-refractivity contribution in [2.24, 2.45) is 5.92 Å². The van der Waals surface area contributed by atoms with E-state index in [-0.39, 0.29) is 6.17 Å². The smallest absolute Gasteiger partial charge is 0.0835 e. The maximum atomic E-state index is 6.69. The molecule has 2 N–H and O–H groups in total. The second-order valence-electron chi connectivity index (χ2n) is 7.20. The summed E-state index contributed by atoms with van der Waals surface area (Å²) in [6.07, 6.45) is 19.7. The Balaban J connectivity index is 1.45. The lowest BCUT2D eigenvalue weighted by molar-refractivity contribution is 0.410. The first-order chi connectivity index (χ1) is 12.3. The molecular weight excluding hydrogens is 348 g/mol. The molecule has 4 heteroatoms. The molecule has 2 unspecified atom stereocenters. The monoisotopic (exact) mass is 374 g/mol. The van der Waals surface area contributed by atoms with Crippen molar-refractivity contribution in [1.29, 1.82) is 0 Å². The lowest BCUT2D eigenvalue weighted by Crippen LogP contribution is -2.50. The van der Waals surface area contributed by atoms with Crippen LogP contribution in [-0.4, -0.2) is 30.3 Å². The molecule has 0 aromatic carbocycles. The fourth-order valence-corrected chi connectivity index (χ4v) is 6.03. The zero-order chi connectivity index (χ0) is 17.1. The van der Waals surface area contributed by atoms with Crippen molar-refractivity contribution in [3.8, 4) is 0 Å². The van der Waals surface area contributed by atoms with Gasteiger partial charge in [0.15, 0.2) is 0 Å². The average molecular weight is 375 g/mol. The number of hydrogen-bond donors (Lipinski definition) is 2. The van der Waals surface area contributed by atoms with Crippen molar-refractivity contribution in [3.05, 3.63) is 58.2 Å². The van der Waals surface area contributed by atoms with E-state index in [0.717, 1.165) is 36.7 Å². The topological polar surface area (TPSA) is 24.1 Å². The summed E-state index contributed by atoms with van der Waals surface area (Å²) in [6, 6.07) is 0. The first kappa shape index (κ1) is 17.7. The van der Waals surface area contributed by atoms with Crippen molar-refractivity contribution < 1.29 is 0 Å². The van der Waals surface area contributed by atoms with Crippen LogP contribution in [0.25, 0.3) is 0 Å². The van der Waals surface area contributed by atoms with Gasteiger partial charge in [-0.3, -0.25) is 10.6 Å². The zero-order valence-corrected chi connectivity index (χ0v) is 16.2. The summed E-state index contributed by atoms with van der Waals surface area (Å²) >= 11 is 8.78. The Bertz CT molecular complexity index is 653. The molecule has 2 nitrogen and oxygen atoms in total. The molecule has 0 spiro atoms. The molecule has 1 aliphatic heterocycles. The van der Waals surface area contributed by atoms with Gasteiger partial charge in [0.25, 0.3) is 0 Å². The number of fused-ring (bicyclic) bond motifs is 1. The quantitative estimate of drug-likeness (QED) is 0.747. The molecule has 0 aromatic heterocycles. The van der Waals surface area contributed by atoms with Crippen LogP contribution in [0.5, 0.6) is 0 Å². The molecule has 1 heterocycles. The second-order valence-corrected chi connectivity index (χ2v) is 8.88. The van der Waals surface area contributed by atoms with Gasteiger partial charge in [-0.2, -0.15) is 11.8 Å². The maximum absolute atomic E-state index is 6.69. The van der Waals surface area contributed by atoms with Crippen molar-refractivity contribution in [2.45, 2.75) is 43.5 Å². The summed E-state index contributed by atoms with van der Waals surface area (Å²) < 4.78 is 0. The largest absolute Gasteiger partial charge is 0.298 e. The van der Waals surface area contributed by atoms with Gasteiger partial charge in [0, 0.05) is 16.0 Å². The standard InChI is InChI=1S/C21H27ClN2S/c22-19-10-4-9-17(21-23-12-5-13-24-21)18(19)14-25-20-11-3-7-15-6-1-2-8-16(15)20/h1-3,6-7,9,16,20-21,23-24H,4-5,8,10-14H2. The van der Waals surface area contributed by atoms with E-state index < -0.39 is 0 Å². The zero-order valence-electron chi connectivity index (χ0n) is 14.6. The van der Waals surface area contributed by atoms with Gasteiger partial charge < -0.3 is 0 Å². The SMILES string of the molecule is ClC1=C(CSC2CC=CC3=CC=CCC32)C(C2NCCCN2)=CCC1. The normalized spacial score (nSPS) is 30.1. The van der Waals surface area contributed by atoms with Crippen LogP contribution in [0.3, 0.4) is 0 Å². The van der Waals surface area contributed by atoms with E-state index in [1.807, 2.05) is 0 Å². The third-order valence-electron chi connectivity index (χ3n) is 5.58. The lowest BCUT2D eigenvalue weighted by atomic mass is 9.83. The molecule has 4 rings (SSSR count). The van der Waals surface area contributed by atoms with Gasteiger partial charge in [-0.1, -0.05) is 48.1 Å². The highest BCUT2D eigenvalue weighted by molar-refractivity contribution is 8.00. The molecule has 4 aliphatic rings. The van der Waals surface area contributed by atoms with Crippen molar-refractivity contribution in [3.63, 3.8) is 0 Å². The van der Waals surface area contributed by atoms with Crippen LogP contribution in [0.1, 0.15) is 32.1 Å². The molecule has 1 fully saturated rings. The Hall–Kier alpha value is -0.740. The van der Waals surface area contributed by atoms with E-state index in [1.54, 1.807) is 0 Å². The van der Waals surface area contributed by atoms with Gasteiger partial charge in [0.2, 0.25) is 0 Å². The van der Waals surface area contributed by atoms with Crippen LogP contribution < -0.4 is 10.6 Å². The van der Waals surface area contributed by atoms with Gasteiger partial charge in [0.05, 0.1) is 6.17 Å². The molecule has 2 atom stereocenters. The van der Waals surface area contributed by atoms with Crippen LogP contribution >= 0.6 is 23.4 Å². The van der Waals surface area contributed by atoms with Gasteiger partial charge in [-0.25, -0.2) is 0 Å². The molecule has 134 valence electrons. The van der Waals surface area contributed by atoms with Gasteiger partial charge in [0.1, 0.15) is 0 Å². The van der Waals surface area contributed by atoms with E-state index in [9.17, 15) is 0 Å². The molecule has 0 amide bonds. The Morgan fingerprint density at radius 3 is 2.92 bits per heavy atom. The lowest BCUT2D eigenvalue weighted by Gasteiger charge is -2.34. The van der Waals surface area contributed by atoms with Crippen LogP contribution in [-0.2, 0) is 0 Å². The molecular formula is C21H27ClN2S. The van der Waals surface area contributed by atoms with Crippen molar-refractivity contribution in [2.75, 3.05) is 18.8 Å². The van der Waals surface area contributed by atoms with Crippen molar-refractivity contribution in [1.82, 2.24) is 10.6 Å². The Kier molecular flexibility index (Phi) is 5.87. The fraction of sp³-hybridized carbons (Fsp3) is 0.524. The van der Waals surface area contributed by atoms with Crippen LogP contribution in [0.15, 0.2) is 58.2 Å². The first-order valence-electron chi connectivity index (χ1n) is 9.52. The maximum Gasteiger partial charge on any atom is 0.0835 e. The Morgan fingerprint density at radius 2 is 2.04 bits per heavy atom. The van der Waals surface area contributed by atoms with Crippen LogP contribution in [0.4, 0.5) is 0 Å². The number of thioether (sulfide) groups is 1. The van der Waals surface area contributed by atoms with E-state index in [4.69, 9.17) is 11.6 Å². The number of rotatable bonds is 4. The molecule has 1 saturated heterocycles. The summed E-state index contributed by atoms with van der Waals surface area (Å²) in [7, 11) is 0. The predicted molar refractivity (Wildman–Crippen MR) is 110 cm³/mol. The number of nitrogens with one attached hydrogen (secondary N) is 2. The average Bonchev–Trinajstić information content (AvgIpc) is 2.67. The van der Waals surface area contributed by atoms with Crippen LogP contribution in [0.2, 0.25) is 0 Å². The summed E-state index contributed by atoms with van der Waals surface area (Å²) in [5.41, 5.74) is 4.27. The highest BCUT2D eigenvalue weighted by Gasteiger charge is 2.29. The number of hydrogen-bond acceptors (Lipinski definition) is 3. The fourth-order valence-electron chi connectivity index (χ4n) is 4.20. The van der Waals surface area contributed by atoms with E-state index >= 15 is 0 Å². The summed E-state index contributed by atoms with van der Waals surface area (Å²) in [5.74, 6) is 1.69. The summed E-state index contributed by atoms with van der Waals surface area (Å²) in [4.78, 5) is 0. The van der Waals surface area contributed by atoms with E-state index in [2.05, 4.69) is 58.9 Å². The van der Waals surface area contributed by atoms with Gasteiger partial charge >= 0.3 is 0 Å². The van der Waals surface area contributed by atoms with Gasteiger partial charge in [-0.05, 0) is 67.8 Å². The number of halogens is 1. The molecule has 25 heavy (non-hydrogen) atoms. The number of allylic oxidation sites excluding steroid dienone is 8. The molecule has 0 bridgehead atoms. The molecule has 3 aliphatic carbocycles. The van der Waals surface area contributed by atoms with E-state index in [1.165, 1.54) is 36.0 Å². The molecule has 0 saturated carbocycles. The van der Waals surface area contributed by atoms with Crippen molar-refractivity contribution >= 4 is 23.4 Å². The Morgan fingerprint density at radius 1 is 1.16 bits per heavy atom. The van der Waals surface area contributed by atoms with E-state index in [0.29, 0.717) is 11.2 Å². The second kappa shape index (κ2) is 8.30. The molecule has 0 aromatic rings. The molecule has 0 radical (unpaired) electrons. The van der Waals surface area contributed by atoms with Crippen LogP contribution in [0, 0.1) is 5.92 Å². The highest BCUT2D eigenvalue weighted by atomic mass is 35.5. The predicted octanol–water partition coefficient (Wildman–Crippen LogP) is 4.67. The minimum atomic E-state index is 0.276. The summed E-state index contributed by atoms with van der Waals surface area (Å²) in [6.45, 7) is 2.17. The third kappa shape index (κ3) is 4.00. The summed E-state index contributed by atoms with van der Waals surface area (Å²) in [5, 5.41) is 8.96. The minimum Gasteiger partial charge on any atom is -0.298 e. The first-order valence-corrected chi connectivity index (χ1v) is 10.9. The third-order valence-corrected chi connectivity index (χ3v) is 7.40. The highest BCUT2D eigenvalue weighted by Crippen LogP contribution is 2.40. The Labute approximate surface area is 160 Å². The van der Waals surface area contributed by atoms with Gasteiger partial charge in [-0.15, -0.1) is 0 Å². The minimum absolute atomic E-state index is 0.276.